The summed E-state index contributed by atoms with van der Waals surface area (Å²) in [6, 6.07) is 0. The van der Waals surface area contributed by atoms with E-state index in [2.05, 4.69) is 6.58 Å². The summed E-state index contributed by atoms with van der Waals surface area (Å²) in [6.07, 6.45) is 4.90. The van der Waals surface area contributed by atoms with Crippen LogP contribution in [0.2, 0.25) is 0 Å². The lowest BCUT2D eigenvalue weighted by atomic mass is 9.79. The zero-order valence-electron chi connectivity index (χ0n) is 10.3. The van der Waals surface area contributed by atoms with Crippen LogP contribution in [-0.2, 0) is 9.53 Å². The molecule has 0 aromatic carbocycles. The van der Waals surface area contributed by atoms with Gasteiger partial charge in [0.15, 0.2) is 0 Å². The van der Waals surface area contributed by atoms with E-state index in [1.54, 1.807) is 0 Å². The van der Waals surface area contributed by atoms with Gasteiger partial charge in [0, 0.05) is 11.5 Å². The van der Waals surface area contributed by atoms with Crippen molar-refractivity contribution in [3.8, 4) is 0 Å². The number of aliphatic hydroxyl groups is 1. The van der Waals surface area contributed by atoms with Crippen molar-refractivity contribution in [1.82, 2.24) is 0 Å². The molecule has 0 spiro atoms. The van der Waals surface area contributed by atoms with Gasteiger partial charge in [-0.1, -0.05) is 6.58 Å². The van der Waals surface area contributed by atoms with Gasteiger partial charge in [-0.15, -0.1) is 0 Å². The van der Waals surface area contributed by atoms with Crippen molar-refractivity contribution in [3.63, 3.8) is 0 Å². The second kappa shape index (κ2) is 3.58. The van der Waals surface area contributed by atoms with Gasteiger partial charge in [-0.05, 0) is 50.9 Å². The minimum absolute atomic E-state index is 0.0244. The molecule has 1 aliphatic heterocycles. The highest BCUT2D eigenvalue weighted by atomic mass is 16.6. The second-order valence-electron chi connectivity index (χ2n) is 6.15. The molecule has 3 rings (SSSR count). The Morgan fingerprint density at radius 2 is 2.18 bits per heavy atom. The quantitative estimate of drug-likeness (QED) is 0.517. The van der Waals surface area contributed by atoms with Crippen molar-refractivity contribution in [3.05, 3.63) is 12.2 Å². The number of hydrogen-bond donors (Lipinski definition) is 1. The predicted octanol–water partition coefficient (Wildman–Crippen LogP) is 2.05. The molecule has 3 heteroatoms. The highest BCUT2D eigenvalue weighted by molar-refractivity contribution is 5.90. The van der Waals surface area contributed by atoms with Crippen LogP contribution in [0.4, 0.5) is 0 Å². The molecule has 1 N–H and O–H groups in total. The Labute approximate surface area is 102 Å². The predicted molar refractivity (Wildman–Crippen MR) is 63.2 cm³/mol. The first-order chi connectivity index (χ1) is 7.99. The Balaban J connectivity index is 1.87. The maximum atomic E-state index is 11.5. The minimum atomic E-state index is -0.564. The number of esters is 1. The summed E-state index contributed by atoms with van der Waals surface area (Å²) in [5, 5.41) is 10.4. The van der Waals surface area contributed by atoms with Crippen molar-refractivity contribution in [1.29, 1.82) is 0 Å². The number of ether oxygens (including phenoxy) is 1. The van der Waals surface area contributed by atoms with Gasteiger partial charge in [-0.2, -0.15) is 0 Å². The first-order valence-electron chi connectivity index (χ1n) is 6.61. The Bertz CT molecular complexity index is 372. The van der Waals surface area contributed by atoms with Crippen molar-refractivity contribution >= 4 is 5.97 Å². The van der Waals surface area contributed by atoms with Crippen molar-refractivity contribution in [2.75, 3.05) is 0 Å². The van der Waals surface area contributed by atoms with Crippen LogP contribution in [0, 0.1) is 17.8 Å². The van der Waals surface area contributed by atoms with Gasteiger partial charge in [-0.25, -0.2) is 4.79 Å². The molecule has 0 radical (unpaired) electrons. The van der Waals surface area contributed by atoms with Crippen LogP contribution >= 0.6 is 0 Å². The molecule has 3 nitrogen and oxygen atoms in total. The molecule has 0 aromatic heterocycles. The lowest BCUT2D eigenvalue weighted by molar-refractivity contribution is -0.139. The first-order valence-corrected chi connectivity index (χ1v) is 6.61. The van der Waals surface area contributed by atoms with Crippen LogP contribution in [0.5, 0.6) is 0 Å². The lowest BCUT2D eigenvalue weighted by Crippen LogP contribution is -2.33. The lowest BCUT2D eigenvalue weighted by Gasteiger charge is -2.29. The highest BCUT2D eigenvalue weighted by Crippen LogP contribution is 2.51. The molecule has 1 saturated heterocycles. The third-order valence-electron chi connectivity index (χ3n) is 5.14. The van der Waals surface area contributed by atoms with E-state index in [4.69, 9.17) is 4.74 Å². The molecular formula is C14H20O3. The summed E-state index contributed by atoms with van der Waals surface area (Å²) >= 11 is 0. The Hall–Kier alpha value is -0.830. The molecule has 3 fully saturated rings. The SMILES string of the molecule is C=C1C(=O)OC2CCC3CCC(C)(O)C3CC12. The maximum absolute atomic E-state index is 11.5. The summed E-state index contributed by atoms with van der Waals surface area (Å²) < 4.78 is 5.37. The summed E-state index contributed by atoms with van der Waals surface area (Å²) in [5.74, 6) is 0.823. The van der Waals surface area contributed by atoms with Gasteiger partial charge in [0.1, 0.15) is 6.10 Å². The van der Waals surface area contributed by atoms with Gasteiger partial charge in [0.25, 0.3) is 0 Å². The van der Waals surface area contributed by atoms with Gasteiger partial charge < -0.3 is 9.84 Å². The van der Waals surface area contributed by atoms with Crippen molar-refractivity contribution in [2.24, 2.45) is 17.8 Å². The zero-order chi connectivity index (χ0) is 12.2. The van der Waals surface area contributed by atoms with Crippen LogP contribution in [0.15, 0.2) is 12.2 Å². The zero-order valence-corrected chi connectivity index (χ0v) is 10.3. The van der Waals surface area contributed by atoms with Gasteiger partial charge >= 0.3 is 5.97 Å². The maximum Gasteiger partial charge on any atom is 0.334 e. The van der Waals surface area contributed by atoms with Gasteiger partial charge in [0.05, 0.1) is 5.60 Å². The molecule has 17 heavy (non-hydrogen) atoms. The minimum Gasteiger partial charge on any atom is -0.458 e. The summed E-state index contributed by atoms with van der Waals surface area (Å²) in [4.78, 5) is 11.5. The largest absolute Gasteiger partial charge is 0.458 e. The molecule has 94 valence electrons. The molecule has 0 aromatic rings. The fourth-order valence-corrected chi connectivity index (χ4v) is 4.04. The smallest absolute Gasteiger partial charge is 0.334 e. The van der Waals surface area contributed by atoms with E-state index >= 15 is 0 Å². The molecule has 0 amide bonds. The summed E-state index contributed by atoms with van der Waals surface area (Å²) in [5.41, 5.74) is 0.0595. The average Bonchev–Trinajstić information content (AvgIpc) is 2.62. The Kier molecular flexibility index (Phi) is 2.37. The fraction of sp³-hybridized carbons (Fsp3) is 0.786. The Morgan fingerprint density at radius 1 is 1.41 bits per heavy atom. The molecule has 1 heterocycles. The Morgan fingerprint density at radius 3 is 2.94 bits per heavy atom. The highest BCUT2D eigenvalue weighted by Gasteiger charge is 2.50. The summed E-state index contributed by atoms with van der Waals surface area (Å²) in [7, 11) is 0. The van der Waals surface area contributed by atoms with E-state index in [1.165, 1.54) is 0 Å². The molecule has 2 aliphatic carbocycles. The van der Waals surface area contributed by atoms with E-state index in [-0.39, 0.29) is 18.0 Å². The van der Waals surface area contributed by atoms with Crippen LogP contribution in [0.3, 0.4) is 0 Å². The fourth-order valence-electron chi connectivity index (χ4n) is 4.04. The molecular weight excluding hydrogens is 216 g/mol. The standard InChI is InChI=1S/C14H20O3/c1-8-10-7-11-9(5-6-14(11,2)16)3-4-12(10)17-13(8)15/h9-12,16H,1,3-7H2,2H3. The normalized spacial score (nSPS) is 49.5. The molecule has 5 unspecified atom stereocenters. The van der Waals surface area contributed by atoms with E-state index in [9.17, 15) is 9.90 Å². The van der Waals surface area contributed by atoms with E-state index in [1.807, 2.05) is 6.92 Å². The van der Waals surface area contributed by atoms with Gasteiger partial charge in [0.2, 0.25) is 0 Å². The van der Waals surface area contributed by atoms with Crippen LogP contribution in [0.25, 0.3) is 0 Å². The van der Waals surface area contributed by atoms with Gasteiger partial charge in [-0.3, -0.25) is 0 Å². The topological polar surface area (TPSA) is 46.5 Å². The average molecular weight is 236 g/mol. The van der Waals surface area contributed by atoms with Crippen molar-refractivity contribution in [2.45, 2.75) is 50.7 Å². The van der Waals surface area contributed by atoms with E-state index < -0.39 is 5.60 Å². The van der Waals surface area contributed by atoms with Crippen LogP contribution in [-0.4, -0.2) is 22.8 Å². The third kappa shape index (κ3) is 1.63. The van der Waals surface area contributed by atoms with Crippen LogP contribution in [0.1, 0.15) is 39.0 Å². The number of carbonyl (C=O) groups is 1. The second-order valence-corrected chi connectivity index (χ2v) is 6.15. The van der Waals surface area contributed by atoms with E-state index in [0.717, 1.165) is 32.1 Å². The molecule has 3 aliphatic rings. The number of fused-ring (bicyclic) bond motifs is 2. The van der Waals surface area contributed by atoms with E-state index in [0.29, 0.717) is 17.4 Å². The number of hydrogen-bond acceptors (Lipinski definition) is 3. The number of rotatable bonds is 0. The molecule has 5 atom stereocenters. The first kappa shape index (κ1) is 11.3. The van der Waals surface area contributed by atoms with Crippen molar-refractivity contribution < 1.29 is 14.6 Å². The molecule has 0 bridgehead atoms. The van der Waals surface area contributed by atoms with Crippen LogP contribution < -0.4 is 0 Å². The number of carbonyl (C=O) groups excluding carboxylic acids is 1. The monoisotopic (exact) mass is 236 g/mol. The summed E-state index contributed by atoms with van der Waals surface area (Å²) in [6.45, 7) is 5.81. The third-order valence-corrected chi connectivity index (χ3v) is 5.14. The molecule has 2 saturated carbocycles.